The smallest absolute Gasteiger partial charge is 0.194 e. The molecule has 1 aromatic heterocycles. The van der Waals surface area contributed by atoms with Crippen LogP contribution in [-0.4, -0.2) is 78.5 Å². The van der Waals surface area contributed by atoms with E-state index in [-0.39, 0.29) is 0 Å². The monoisotopic (exact) mass is 428 g/mol. The predicted octanol–water partition coefficient (Wildman–Crippen LogP) is 3.06. The zero-order chi connectivity index (χ0) is 21.2. The van der Waals surface area contributed by atoms with E-state index in [1.807, 2.05) is 0 Å². The number of aromatic nitrogens is 1. The second kappa shape index (κ2) is 12.0. The number of nitrogens with one attached hydrogen (secondary N) is 1. The first-order chi connectivity index (χ1) is 14.6. The van der Waals surface area contributed by atoms with E-state index in [1.165, 1.54) is 5.56 Å². The summed E-state index contributed by atoms with van der Waals surface area (Å²) in [6, 6.07) is 10.8. The Balaban J connectivity index is 1.37. The van der Waals surface area contributed by atoms with Crippen LogP contribution in [0.4, 0.5) is 0 Å². The van der Waals surface area contributed by atoms with Crippen molar-refractivity contribution in [2.75, 3.05) is 52.9 Å². The molecule has 1 aliphatic heterocycles. The van der Waals surface area contributed by atoms with Gasteiger partial charge in [0.2, 0.25) is 0 Å². The molecule has 0 aliphatic carbocycles. The number of benzene rings is 1. The van der Waals surface area contributed by atoms with Crippen molar-refractivity contribution in [1.29, 1.82) is 0 Å². The van der Waals surface area contributed by atoms with E-state index in [1.54, 1.807) is 11.3 Å². The van der Waals surface area contributed by atoms with E-state index in [9.17, 15) is 0 Å². The Labute approximate surface area is 185 Å². The molecule has 2 aromatic rings. The van der Waals surface area contributed by atoms with Crippen molar-refractivity contribution in [2.24, 2.45) is 4.99 Å². The summed E-state index contributed by atoms with van der Waals surface area (Å²) in [7, 11) is 2.09. The molecule has 0 radical (unpaired) electrons. The number of hydrogen-bond donors (Lipinski definition) is 1. The lowest BCUT2D eigenvalue weighted by atomic mass is 10.2. The molecule has 164 valence electrons. The first-order valence-corrected chi connectivity index (χ1v) is 11.9. The Morgan fingerprint density at radius 3 is 2.57 bits per heavy atom. The summed E-state index contributed by atoms with van der Waals surface area (Å²) < 4.78 is 0. The van der Waals surface area contributed by atoms with Gasteiger partial charge in [-0.1, -0.05) is 30.3 Å². The van der Waals surface area contributed by atoms with E-state index >= 15 is 0 Å². The Kier molecular flexibility index (Phi) is 9.11. The largest absolute Gasteiger partial charge is 0.357 e. The molecule has 6 nitrogen and oxygen atoms in total. The van der Waals surface area contributed by atoms with Crippen LogP contribution in [0.1, 0.15) is 29.6 Å². The zero-order valence-electron chi connectivity index (χ0n) is 18.7. The summed E-state index contributed by atoms with van der Waals surface area (Å²) in [5, 5.41) is 6.65. The molecule has 0 atom stereocenters. The maximum absolute atomic E-state index is 4.84. The summed E-state index contributed by atoms with van der Waals surface area (Å²) in [6.45, 7) is 13.5. The van der Waals surface area contributed by atoms with Crippen LogP contribution in [0, 0.1) is 6.92 Å². The van der Waals surface area contributed by atoms with Gasteiger partial charge in [-0.15, -0.1) is 11.3 Å². The second-order valence-electron chi connectivity index (χ2n) is 7.91. The first kappa shape index (κ1) is 22.7. The lowest BCUT2D eigenvalue weighted by molar-refractivity contribution is 0.127. The van der Waals surface area contributed by atoms with Crippen molar-refractivity contribution in [2.45, 2.75) is 33.4 Å². The van der Waals surface area contributed by atoms with Crippen molar-refractivity contribution in [3.05, 3.63) is 52.0 Å². The predicted molar refractivity (Wildman–Crippen MR) is 127 cm³/mol. The van der Waals surface area contributed by atoms with Gasteiger partial charge in [0.05, 0.1) is 17.2 Å². The third-order valence-corrected chi connectivity index (χ3v) is 6.19. The summed E-state index contributed by atoms with van der Waals surface area (Å²) in [6.07, 6.45) is 1.09. The minimum absolute atomic E-state index is 0.791. The van der Waals surface area contributed by atoms with Crippen molar-refractivity contribution >= 4 is 17.3 Å². The fourth-order valence-electron chi connectivity index (χ4n) is 3.76. The number of rotatable bonds is 9. The molecule has 1 N–H and O–H groups in total. The van der Waals surface area contributed by atoms with Crippen molar-refractivity contribution in [3.8, 4) is 0 Å². The molecule has 3 rings (SSSR count). The van der Waals surface area contributed by atoms with Crippen LogP contribution in [0.2, 0.25) is 0 Å². The lowest BCUT2D eigenvalue weighted by Crippen LogP contribution is -2.46. The van der Waals surface area contributed by atoms with Gasteiger partial charge in [0.15, 0.2) is 5.96 Å². The number of guanidine groups is 1. The van der Waals surface area contributed by atoms with Crippen LogP contribution in [0.5, 0.6) is 0 Å². The number of hydrogen-bond acceptors (Lipinski definition) is 5. The van der Waals surface area contributed by atoms with Gasteiger partial charge >= 0.3 is 0 Å². The third-order valence-electron chi connectivity index (χ3n) is 5.37. The van der Waals surface area contributed by atoms with Gasteiger partial charge in [-0.05, 0) is 25.8 Å². The van der Waals surface area contributed by atoms with E-state index in [2.05, 4.69) is 81.6 Å². The van der Waals surface area contributed by atoms with Gasteiger partial charge in [-0.3, -0.25) is 9.89 Å². The van der Waals surface area contributed by atoms with E-state index in [4.69, 9.17) is 4.99 Å². The quantitative estimate of drug-likeness (QED) is 0.378. The standard InChI is InChI=1S/C23H36N6S/c1-4-24-23(27(3)18-22-19-30-20(2)26-22)25-11-8-12-28-13-15-29(16-14-28)17-21-9-6-5-7-10-21/h5-7,9-10,19H,4,8,11-18H2,1-3H3,(H,24,25). The average molecular weight is 429 g/mol. The molecule has 0 bridgehead atoms. The van der Waals surface area contributed by atoms with Crippen LogP contribution in [-0.2, 0) is 13.1 Å². The highest BCUT2D eigenvalue weighted by Gasteiger charge is 2.16. The van der Waals surface area contributed by atoms with Crippen LogP contribution in [0.15, 0.2) is 40.7 Å². The number of thiazole rings is 1. The molecule has 1 aliphatic rings. The summed E-state index contributed by atoms with van der Waals surface area (Å²) in [5.74, 6) is 0.968. The third kappa shape index (κ3) is 7.38. The maximum Gasteiger partial charge on any atom is 0.194 e. The van der Waals surface area contributed by atoms with Crippen LogP contribution in [0.25, 0.3) is 0 Å². The van der Waals surface area contributed by atoms with Gasteiger partial charge in [0.1, 0.15) is 0 Å². The average Bonchev–Trinajstić information content (AvgIpc) is 3.16. The molecule has 30 heavy (non-hydrogen) atoms. The van der Waals surface area contributed by atoms with Crippen LogP contribution in [0.3, 0.4) is 0 Å². The van der Waals surface area contributed by atoms with Gasteiger partial charge in [-0.2, -0.15) is 0 Å². The molecular formula is C23H36N6S. The number of aliphatic imine (C=N–C) groups is 1. The number of nitrogens with zero attached hydrogens (tertiary/aromatic N) is 5. The summed E-state index contributed by atoms with van der Waals surface area (Å²) in [5.41, 5.74) is 2.52. The summed E-state index contributed by atoms with van der Waals surface area (Å²) >= 11 is 1.70. The SMILES string of the molecule is CCNC(=NCCCN1CCN(Cc2ccccc2)CC1)N(C)Cc1csc(C)n1. The molecule has 0 spiro atoms. The van der Waals surface area contributed by atoms with E-state index in [0.717, 1.165) is 82.0 Å². The lowest BCUT2D eigenvalue weighted by Gasteiger charge is -2.34. The molecule has 1 aromatic carbocycles. The molecule has 1 fully saturated rings. The Hall–Kier alpha value is -1.96. The molecule has 0 amide bonds. The Morgan fingerprint density at radius 1 is 1.17 bits per heavy atom. The van der Waals surface area contributed by atoms with Crippen molar-refractivity contribution in [3.63, 3.8) is 0 Å². The molecule has 7 heteroatoms. The minimum atomic E-state index is 0.791. The van der Waals surface area contributed by atoms with Gasteiger partial charge in [0.25, 0.3) is 0 Å². The summed E-state index contributed by atoms with van der Waals surface area (Å²) in [4.78, 5) is 16.7. The van der Waals surface area contributed by atoms with Crippen LogP contribution >= 0.6 is 11.3 Å². The molecule has 2 heterocycles. The molecular weight excluding hydrogens is 392 g/mol. The highest BCUT2D eigenvalue weighted by Crippen LogP contribution is 2.10. The topological polar surface area (TPSA) is 47.0 Å². The highest BCUT2D eigenvalue weighted by atomic mass is 32.1. The van der Waals surface area contributed by atoms with Crippen LogP contribution < -0.4 is 5.32 Å². The molecule has 0 saturated carbocycles. The molecule has 1 saturated heterocycles. The first-order valence-electron chi connectivity index (χ1n) is 11.0. The highest BCUT2D eigenvalue weighted by molar-refractivity contribution is 7.09. The fraction of sp³-hybridized carbons (Fsp3) is 0.565. The van der Waals surface area contributed by atoms with Gasteiger partial charge < -0.3 is 15.1 Å². The Bertz CT molecular complexity index is 767. The van der Waals surface area contributed by atoms with Crippen molar-refractivity contribution < 1.29 is 0 Å². The molecule has 0 unspecified atom stereocenters. The second-order valence-corrected chi connectivity index (χ2v) is 8.97. The van der Waals surface area contributed by atoms with E-state index < -0.39 is 0 Å². The Morgan fingerprint density at radius 2 is 1.90 bits per heavy atom. The van der Waals surface area contributed by atoms with E-state index in [0.29, 0.717) is 0 Å². The zero-order valence-corrected chi connectivity index (χ0v) is 19.5. The maximum atomic E-state index is 4.84. The minimum Gasteiger partial charge on any atom is -0.357 e. The van der Waals surface area contributed by atoms with Crippen molar-refractivity contribution in [1.82, 2.24) is 25.0 Å². The fourth-order valence-corrected chi connectivity index (χ4v) is 4.36. The number of piperazine rings is 1. The van der Waals surface area contributed by atoms with Gasteiger partial charge in [-0.25, -0.2) is 4.98 Å². The normalized spacial score (nSPS) is 16.0. The van der Waals surface area contributed by atoms with Gasteiger partial charge in [0, 0.05) is 64.8 Å². The number of aryl methyl sites for hydroxylation is 1.